The van der Waals surface area contributed by atoms with E-state index in [1.54, 1.807) is 12.1 Å². The summed E-state index contributed by atoms with van der Waals surface area (Å²) in [6.45, 7) is 11.2. The second-order valence-corrected chi connectivity index (χ2v) is 23.4. The van der Waals surface area contributed by atoms with Gasteiger partial charge in [0.2, 0.25) is 0 Å². The molecule has 0 heterocycles. The zero-order valence-electron chi connectivity index (χ0n) is 47.2. The van der Waals surface area contributed by atoms with E-state index in [9.17, 15) is 14.0 Å². The third-order valence-electron chi connectivity index (χ3n) is 13.7. The van der Waals surface area contributed by atoms with Crippen molar-refractivity contribution in [1.82, 2.24) is 0 Å². The Labute approximate surface area is 452 Å². The standard InChI is InChI=1S/C45H69O4P.C19H33O4P/c1-4-7-10-13-16-19-22-31-40-34-25-28-37-43(40)47-50(46,48-44-38-29-26-35-41(44)32-23-20-17-14-11-8-5-2)49-45-39-30-27-36-42(45)33-24-21-18-15-12-9-6-3;1-3-4-5-6-7-8-9-10-11-12-17-22-24(20,21)23-19-15-13-18(2)14-16-19/h25-30,34-39H,4-24,31-33H2,1-3H3;13-16H,3-12,17H2,1-2H3,(H,20,21). The van der Waals surface area contributed by atoms with Crippen molar-refractivity contribution in [3.63, 3.8) is 0 Å². The number of aryl methyl sites for hydroxylation is 4. The summed E-state index contributed by atoms with van der Waals surface area (Å²) in [4.78, 5) is 9.69. The number of rotatable bonds is 44. The SMILES string of the molecule is CCCCCCCCCCCCOP(=O)(O)Oc1ccc(C)cc1.CCCCCCCCCc1ccccc1OP(=O)(Oc1ccccc1CCCCCCCCC)Oc1ccccc1CCCCCCCCC. The molecular formula is C64H102O8P2. The van der Waals surface area contributed by atoms with E-state index in [2.05, 4.69) is 45.9 Å². The second kappa shape index (κ2) is 41.6. The Morgan fingerprint density at radius 1 is 0.351 bits per heavy atom. The van der Waals surface area contributed by atoms with Gasteiger partial charge in [0, 0.05) is 0 Å². The first-order valence-corrected chi connectivity index (χ1v) is 32.7. The largest absolute Gasteiger partial charge is 0.647 e. The topological polar surface area (TPSA) is 101 Å². The molecule has 0 amide bonds. The lowest BCUT2D eigenvalue weighted by atomic mass is 10.0. The number of para-hydroxylation sites is 3. The van der Waals surface area contributed by atoms with Crippen molar-refractivity contribution in [3.8, 4) is 23.0 Å². The van der Waals surface area contributed by atoms with Crippen LogP contribution >= 0.6 is 15.6 Å². The van der Waals surface area contributed by atoms with Crippen LogP contribution in [-0.4, -0.2) is 11.5 Å². The highest BCUT2D eigenvalue weighted by molar-refractivity contribution is 7.49. The molecule has 0 aliphatic rings. The first-order chi connectivity index (χ1) is 36.1. The van der Waals surface area contributed by atoms with Gasteiger partial charge in [-0.2, -0.15) is 4.57 Å². The molecule has 0 spiro atoms. The van der Waals surface area contributed by atoms with E-state index in [-0.39, 0.29) is 6.61 Å². The Morgan fingerprint density at radius 2 is 0.635 bits per heavy atom. The number of unbranched alkanes of at least 4 members (excludes halogenated alkanes) is 27. The molecule has 4 rings (SSSR count). The smallest absolute Gasteiger partial charge is 0.404 e. The highest BCUT2D eigenvalue weighted by Crippen LogP contribution is 2.52. The molecule has 0 aliphatic carbocycles. The van der Waals surface area contributed by atoms with Gasteiger partial charge in [0.25, 0.3) is 0 Å². The second-order valence-electron chi connectivity index (χ2n) is 20.5. The van der Waals surface area contributed by atoms with Crippen molar-refractivity contribution in [2.24, 2.45) is 0 Å². The number of phosphoric ester groups is 2. The highest BCUT2D eigenvalue weighted by atomic mass is 31.2. The third-order valence-corrected chi connectivity index (χ3v) is 15.9. The van der Waals surface area contributed by atoms with Crippen molar-refractivity contribution < 1.29 is 36.6 Å². The summed E-state index contributed by atoms with van der Waals surface area (Å²) in [7, 11) is -8.14. The van der Waals surface area contributed by atoms with Crippen LogP contribution < -0.4 is 18.1 Å². The van der Waals surface area contributed by atoms with E-state index in [4.69, 9.17) is 22.6 Å². The fourth-order valence-electron chi connectivity index (χ4n) is 9.16. The van der Waals surface area contributed by atoms with Crippen LogP contribution in [0, 0.1) is 6.92 Å². The summed E-state index contributed by atoms with van der Waals surface area (Å²) in [5.41, 5.74) is 4.20. The number of hydrogen-bond donors (Lipinski definition) is 1. The molecule has 0 saturated carbocycles. The molecule has 0 saturated heterocycles. The monoisotopic (exact) mass is 1060 g/mol. The summed E-state index contributed by atoms with van der Waals surface area (Å²) >= 11 is 0. The van der Waals surface area contributed by atoms with E-state index >= 15 is 0 Å². The maximum absolute atomic E-state index is 14.9. The van der Waals surface area contributed by atoms with Crippen LogP contribution in [0.25, 0.3) is 0 Å². The molecule has 1 unspecified atom stereocenters. The van der Waals surface area contributed by atoms with Crippen LogP contribution in [0.15, 0.2) is 97.1 Å². The Bertz CT molecular complexity index is 1910. The van der Waals surface area contributed by atoms with Crippen LogP contribution in [-0.2, 0) is 32.9 Å². The Morgan fingerprint density at radius 3 is 0.959 bits per heavy atom. The Kier molecular flexibility index (Phi) is 36.4. The van der Waals surface area contributed by atoms with Gasteiger partial charge >= 0.3 is 15.6 Å². The van der Waals surface area contributed by atoms with E-state index in [1.807, 2.05) is 73.7 Å². The summed E-state index contributed by atoms with van der Waals surface area (Å²) in [5, 5.41) is 0. The average molecular weight is 1060 g/mol. The lowest BCUT2D eigenvalue weighted by molar-refractivity contribution is 0.199. The van der Waals surface area contributed by atoms with Crippen molar-refractivity contribution >= 4 is 15.6 Å². The minimum atomic E-state index is -4.14. The molecule has 0 radical (unpaired) electrons. The van der Waals surface area contributed by atoms with Gasteiger partial charge in [0.1, 0.15) is 23.0 Å². The van der Waals surface area contributed by atoms with Gasteiger partial charge in [-0.25, -0.2) is 4.57 Å². The van der Waals surface area contributed by atoms with Gasteiger partial charge in [-0.3, -0.25) is 9.42 Å². The molecule has 0 aliphatic heterocycles. The maximum atomic E-state index is 14.9. The molecule has 74 heavy (non-hydrogen) atoms. The molecule has 416 valence electrons. The molecule has 1 N–H and O–H groups in total. The fraction of sp³-hybridized carbons (Fsp3) is 0.625. The van der Waals surface area contributed by atoms with Gasteiger partial charge in [-0.05, 0) is 98.9 Å². The lowest BCUT2D eigenvalue weighted by Crippen LogP contribution is -2.10. The number of benzene rings is 4. The van der Waals surface area contributed by atoms with Crippen molar-refractivity contribution in [2.45, 2.75) is 253 Å². The molecule has 8 nitrogen and oxygen atoms in total. The third kappa shape index (κ3) is 30.9. The van der Waals surface area contributed by atoms with Crippen LogP contribution in [0.3, 0.4) is 0 Å². The van der Waals surface area contributed by atoms with Gasteiger partial charge < -0.3 is 18.1 Å². The normalized spacial score (nSPS) is 12.2. The first-order valence-electron chi connectivity index (χ1n) is 29.8. The lowest BCUT2D eigenvalue weighted by Gasteiger charge is -2.23. The molecule has 0 bridgehead atoms. The minimum Gasteiger partial charge on any atom is -0.404 e. The summed E-state index contributed by atoms with van der Waals surface area (Å²) < 4.78 is 56.1. The zero-order chi connectivity index (χ0) is 53.2. The van der Waals surface area contributed by atoms with Crippen LogP contribution in [0.2, 0.25) is 0 Å². The molecule has 0 fully saturated rings. The van der Waals surface area contributed by atoms with Gasteiger partial charge in [0.15, 0.2) is 0 Å². The Balaban J connectivity index is 0.000000503. The predicted octanol–water partition coefficient (Wildman–Crippen LogP) is 21.6. The molecule has 0 aromatic heterocycles. The molecule has 4 aromatic carbocycles. The summed E-state index contributed by atoms with van der Waals surface area (Å²) in [6, 6.07) is 30.9. The van der Waals surface area contributed by atoms with Gasteiger partial charge in [0.05, 0.1) is 6.61 Å². The zero-order valence-corrected chi connectivity index (χ0v) is 49.0. The van der Waals surface area contributed by atoms with E-state index in [1.165, 1.54) is 161 Å². The fourth-order valence-corrected chi connectivity index (χ4v) is 11.3. The van der Waals surface area contributed by atoms with E-state index < -0.39 is 15.6 Å². The molecular weight excluding hydrogens is 959 g/mol. The molecule has 10 heteroatoms. The Hall–Kier alpha value is -3.54. The van der Waals surface area contributed by atoms with Crippen LogP contribution in [0.4, 0.5) is 0 Å². The van der Waals surface area contributed by atoms with Gasteiger partial charge in [-0.15, -0.1) is 0 Å². The van der Waals surface area contributed by atoms with Crippen LogP contribution in [0.1, 0.15) is 249 Å². The average Bonchev–Trinajstić information content (AvgIpc) is 3.39. The van der Waals surface area contributed by atoms with Crippen molar-refractivity contribution in [2.75, 3.05) is 6.61 Å². The summed E-state index contributed by atoms with van der Waals surface area (Å²) in [6.07, 6.45) is 40.9. The van der Waals surface area contributed by atoms with Crippen LogP contribution in [0.5, 0.6) is 23.0 Å². The first kappa shape index (κ1) is 64.7. The van der Waals surface area contributed by atoms with E-state index in [0.717, 1.165) is 80.0 Å². The van der Waals surface area contributed by atoms with Crippen molar-refractivity contribution in [1.29, 1.82) is 0 Å². The summed E-state index contributed by atoms with van der Waals surface area (Å²) in [5.74, 6) is 2.09. The quantitative estimate of drug-likeness (QED) is 0.0345. The van der Waals surface area contributed by atoms with E-state index in [0.29, 0.717) is 23.0 Å². The number of hydrogen-bond acceptors (Lipinski definition) is 7. The minimum absolute atomic E-state index is 0.260. The predicted molar refractivity (Wildman–Crippen MR) is 313 cm³/mol. The van der Waals surface area contributed by atoms with Crippen molar-refractivity contribution in [3.05, 3.63) is 119 Å². The molecule has 4 aromatic rings. The maximum Gasteiger partial charge on any atom is 0.647 e. The van der Waals surface area contributed by atoms with Gasteiger partial charge in [-0.1, -0.05) is 273 Å². The molecule has 1 atom stereocenters. The number of phosphoric acid groups is 2. The highest BCUT2D eigenvalue weighted by Gasteiger charge is 2.35.